The Morgan fingerprint density at radius 3 is 2.86 bits per heavy atom. The topological polar surface area (TPSA) is 44.6 Å². The predicted molar refractivity (Wildman–Crippen MR) is 59.4 cm³/mol. The number of nitrogens with zero attached hydrogens (tertiary/aromatic N) is 1. The van der Waals surface area contributed by atoms with Gasteiger partial charge in [0, 0.05) is 16.6 Å². The Balaban J connectivity index is 2.26. The zero-order valence-corrected chi connectivity index (χ0v) is 9.16. The molecule has 1 aromatic rings. The molecule has 1 unspecified atom stereocenters. The maximum atomic E-state index is 9.98. The van der Waals surface area contributed by atoms with Crippen LogP contribution in [0.1, 0.15) is 11.7 Å². The summed E-state index contributed by atoms with van der Waals surface area (Å²) in [7, 11) is 0. The van der Waals surface area contributed by atoms with Crippen molar-refractivity contribution < 1.29 is 5.11 Å². The summed E-state index contributed by atoms with van der Waals surface area (Å²) in [4.78, 5) is 4.19. The number of aliphatic imine (C=N–C) groups is 1. The second-order valence-corrected chi connectivity index (χ2v) is 3.97. The Hall–Kier alpha value is -0.870. The molecule has 1 atom stereocenters. The summed E-state index contributed by atoms with van der Waals surface area (Å²) < 4.78 is 0.906. The van der Waals surface area contributed by atoms with E-state index in [4.69, 9.17) is 0 Å². The van der Waals surface area contributed by atoms with E-state index in [9.17, 15) is 5.11 Å². The van der Waals surface area contributed by atoms with E-state index in [-0.39, 0.29) is 0 Å². The van der Waals surface area contributed by atoms with Crippen molar-refractivity contribution in [3.05, 3.63) is 34.3 Å². The average molecular weight is 255 g/mol. The van der Waals surface area contributed by atoms with Gasteiger partial charge in [0.15, 0.2) is 0 Å². The highest BCUT2D eigenvalue weighted by Crippen LogP contribution is 2.24. The first-order valence-corrected chi connectivity index (χ1v) is 5.29. The van der Waals surface area contributed by atoms with Gasteiger partial charge in [-0.25, -0.2) is 0 Å². The van der Waals surface area contributed by atoms with Gasteiger partial charge in [-0.15, -0.1) is 0 Å². The molecule has 3 nitrogen and oxygen atoms in total. The molecule has 2 N–H and O–H groups in total. The van der Waals surface area contributed by atoms with Gasteiger partial charge in [-0.3, -0.25) is 4.99 Å². The van der Waals surface area contributed by atoms with Crippen molar-refractivity contribution in [1.29, 1.82) is 0 Å². The number of amidine groups is 1. The lowest BCUT2D eigenvalue weighted by molar-refractivity contribution is 0.243. The van der Waals surface area contributed by atoms with Crippen LogP contribution in [-0.4, -0.2) is 24.0 Å². The number of aliphatic hydroxyl groups is 1. The highest BCUT2D eigenvalue weighted by Gasteiger charge is 2.19. The van der Waals surface area contributed by atoms with Crippen LogP contribution in [0, 0.1) is 0 Å². The number of hydrogen-bond donors (Lipinski definition) is 2. The minimum atomic E-state index is -0.645. The van der Waals surface area contributed by atoms with Gasteiger partial charge < -0.3 is 10.4 Å². The molecule has 1 aliphatic heterocycles. The van der Waals surface area contributed by atoms with Crippen LogP contribution < -0.4 is 5.32 Å². The lowest BCUT2D eigenvalue weighted by atomic mass is 10.1. The van der Waals surface area contributed by atoms with E-state index in [0.29, 0.717) is 5.84 Å². The van der Waals surface area contributed by atoms with Crippen LogP contribution in [0.25, 0.3) is 0 Å². The molecule has 0 bridgehead atoms. The third kappa shape index (κ3) is 1.81. The molecule has 0 amide bonds. The maximum Gasteiger partial charge on any atom is 0.137 e. The summed E-state index contributed by atoms with van der Waals surface area (Å²) in [5, 5.41) is 13.0. The quantitative estimate of drug-likeness (QED) is 0.840. The Morgan fingerprint density at radius 1 is 1.43 bits per heavy atom. The van der Waals surface area contributed by atoms with E-state index >= 15 is 0 Å². The van der Waals surface area contributed by atoms with Crippen molar-refractivity contribution in [3.63, 3.8) is 0 Å². The van der Waals surface area contributed by atoms with Crippen LogP contribution in [0.3, 0.4) is 0 Å². The summed E-state index contributed by atoms with van der Waals surface area (Å²) in [5.74, 6) is 0.664. The highest BCUT2D eigenvalue weighted by molar-refractivity contribution is 9.10. The molecule has 0 radical (unpaired) electrons. The first kappa shape index (κ1) is 9.68. The third-order valence-corrected chi connectivity index (χ3v) is 2.88. The van der Waals surface area contributed by atoms with E-state index in [1.54, 1.807) is 0 Å². The van der Waals surface area contributed by atoms with E-state index in [1.165, 1.54) is 0 Å². The largest absolute Gasteiger partial charge is 0.380 e. The molecule has 0 spiro atoms. The molecule has 0 aromatic heterocycles. The number of benzene rings is 1. The standard InChI is InChI=1S/C10H11BrN2O/c11-8-4-2-1-3-7(8)9(14)10-12-5-6-13-10/h1-4,9,14H,5-6H2,(H,12,13). The fourth-order valence-electron chi connectivity index (χ4n) is 1.44. The van der Waals surface area contributed by atoms with Crippen molar-refractivity contribution in [1.82, 2.24) is 5.32 Å². The first-order valence-electron chi connectivity index (χ1n) is 4.50. The molecule has 14 heavy (non-hydrogen) atoms. The van der Waals surface area contributed by atoms with E-state index in [0.717, 1.165) is 23.1 Å². The van der Waals surface area contributed by atoms with Crippen molar-refractivity contribution in [2.45, 2.75) is 6.10 Å². The monoisotopic (exact) mass is 254 g/mol. The molecule has 0 saturated carbocycles. The van der Waals surface area contributed by atoms with Gasteiger partial charge in [-0.05, 0) is 6.07 Å². The molecular formula is C10H11BrN2O. The lowest BCUT2D eigenvalue weighted by Crippen LogP contribution is -2.25. The molecule has 0 aliphatic carbocycles. The molecule has 1 heterocycles. The molecule has 74 valence electrons. The Morgan fingerprint density at radius 2 is 2.21 bits per heavy atom. The number of nitrogens with one attached hydrogen (secondary N) is 1. The van der Waals surface area contributed by atoms with E-state index < -0.39 is 6.10 Å². The number of halogens is 1. The molecule has 1 aliphatic rings. The van der Waals surface area contributed by atoms with Crippen LogP contribution >= 0.6 is 15.9 Å². The van der Waals surface area contributed by atoms with Crippen LogP contribution in [0.4, 0.5) is 0 Å². The van der Waals surface area contributed by atoms with Crippen molar-refractivity contribution in [2.75, 3.05) is 13.1 Å². The van der Waals surface area contributed by atoms with Crippen molar-refractivity contribution in [2.24, 2.45) is 4.99 Å². The summed E-state index contributed by atoms with van der Waals surface area (Å²) in [6.45, 7) is 1.56. The minimum Gasteiger partial charge on any atom is -0.380 e. The summed E-state index contributed by atoms with van der Waals surface area (Å²) in [6, 6.07) is 7.62. The van der Waals surface area contributed by atoms with Gasteiger partial charge in [0.25, 0.3) is 0 Å². The van der Waals surface area contributed by atoms with Gasteiger partial charge >= 0.3 is 0 Å². The van der Waals surface area contributed by atoms with Gasteiger partial charge in [0.1, 0.15) is 11.9 Å². The zero-order chi connectivity index (χ0) is 9.97. The van der Waals surface area contributed by atoms with E-state index in [2.05, 4.69) is 26.2 Å². The van der Waals surface area contributed by atoms with Crippen LogP contribution in [0.2, 0.25) is 0 Å². The summed E-state index contributed by atoms with van der Waals surface area (Å²) in [5.41, 5.74) is 0.848. The molecule has 2 rings (SSSR count). The molecule has 0 fully saturated rings. The second-order valence-electron chi connectivity index (χ2n) is 3.12. The second kappa shape index (κ2) is 4.11. The van der Waals surface area contributed by atoms with Gasteiger partial charge in [0.2, 0.25) is 0 Å². The van der Waals surface area contributed by atoms with Crippen LogP contribution in [-0.2, 0) is 0 Å². The number of hydrogen-bond acceptors (Lipinski definition) is 3. The SMILES string of the molecule is OC(C1=NCCN1)c1ccccc1Br. The lowest BCUT2D eigenvalue weighted by Gasteiger charge is -2.12. The molecule has 0 saturated heterocycles. The van der Waals surface area contributed by atoms with Gasteiger partial charge in [-0.2, -0.15) is 0 Å². The number of aliphatic hydroxyl groups excluding tert-OH is 1. The van der Waals surface area contributed by atoms with E-state index in [1.807, 2.05) is 24.3 Å². The first-order chi connectivity index (χ1) is 6.79. The minimum absolute atomic E-state index is 0.645. The third-order valence-electron chi connectivity index (χ3n) is 2.16. The molecular weight excluding hydrogens is 244 g/mol. The molecule has 1 aromatic carbocycles. The fourth-order valence-corrected chi connectivity index (χ4v) is 1.95. The Bertz CT molecular complexity index is 365. The highest BCUT2D eigenvalue weighted by atomic mass is 79.9. The van der Waals surface area contributed by atoms with Gasteiger partial charge in [0.05, 0.1) is 6.54 Å². The Kier molecular flexibility index (Phi) is 2.84. The maximum absolute atomic E-state index is 9.98. The van der Waals surface area contributed by atoms with Crippen molar-refractivity contribution in [3.8, 4) is 0 Å². The smallest absolute Gasteiger partial charge is 0.137 e. The van der Waals surface area contributed by atoms with Crippen LogP contribution in [0.5, 0.6) is 0 Å². The summed E-state index contributed by atoms with van der Waals surface area (Å²) in [6.07, 6.45) is -0.645. The molecule has 4 heteroatoms. The Labute approximate surface area is 91.0 Å². The predicted octanol–water partition coefficient (Wildman–Crippen LogP) is 1.48. The van der Waals surface area contributed by atoms with Crippen LogP contribution in [0.15, 0.2) is 33.7 Å². The summed E-state index contributed by atoms with van der Waals surface area (Å²) >= 11 is 3.40. The number of rotatable bonds is 2. The van der Waals surface area contributed by atoms with Crippen molar-refractivity contribution >= 4 is 21.8 Å². The normalized spacial score (nSPS) is 17.4. The zero-order valence-electron chi connectivity index (χ0n) is 7.57. The average Bonchev–Trinajstić information content (AvgIpc) is 2.70. The van der Waals surface area contributed by atoms with Gasteiger partial charge in [-0.1, -0.05) is 34.1 Å². The fraction of sp³-hybridized carbons (Fsp3) is 0.300.